The standard InChI is InChI=1S/C10H12N2O.C9H9NO2.C9H9NOS/c1-7-4-5-8-9(6-7)12(3)10(13)11(8)2;2*1-6-3-4-7-8(5-6)12-9(11)10(7)2/h4-6H,1-3H3;2*3-5H,1-2H3. The van der Waals surface area contributed by atoms with E-state index in [-0.39, 0.29) is 16.3 Å². The molecule has 0 spiro atoms. The van der Waals surface area contributed by atoms with Crippen LogP contribution in [0, 0.1) is 20.8 Å². The SMILES string of the molecule is Cc1ccc2c(c1)n(C)c(=O)n2C.Cc1ccc2c(c1)oc(=O)n2C.Cc1ccc2c(c1)sc(=O)n2C. The van der Waals surface area contributed by atoms with Crippen LogP contribution in [-0.4, -0.2) is 18.3 Å². The molecule has 0 aliphatic heterocycles. The van der Waals surface area contributed by atoms with E-state index >= 15 is 0 Å². The van der Waals surface area contributed by atoms with Crippen molar-refractivity contribution in [2.24, 2.45) is 28.2 Å². The Bertz CT molecular complexity index is 1840. The van der Waals surface area contributed by atoms with Crippen molar-refractivity contribution < 1.29 is 4.42 Å². The Kier molecular flexibility index (Phi) is 7.09. The zero-order chi connectivity index (χ0) is 27.0. The van der Waals surface area contributed by atoms with E-state index in [1.807, 2.05) is 75.4 Å². The van der Waals surface area contributed by atoms with Gasteiger partial charge in [-0.2, -0.15) is 0 Å². The highest BCUT2D eigenvalue weighted by atomic mass is 32.1. The molecule has 0 atom stereocenters. The molecular weight excluding hydrogens is 488 g/mol. The molecule has 37 heavy (non-hydrogen) atoms. The number of oxazole rings is 1. The molecule has 0 saturated carbocycles. The van der Waals surface area contributed by atoms with Crippen molar-refractivity contribution in [1.29, 1.82) is 0 Å². The third-order valence-corrected chi connectivity index (χ3v) is 7.32. The lowest BCUT2D eigenvalue weighted by Gasteiger charge is -1.95. The van der Waals surface area contributed by atoms with Gasteiger partial charge in [-0.15, -0.1) is 0 Å². The molecule has 0 N–H and O–H groups in total. The van der Waals surface area contributed by atoms with E-state index < -0.39 is 0 Å². The smallest absolute Gasteiger partial charge is 0.408 e. The van der Waals surface area contributed by atoms with Gasteiger partial charge in [0.05, 0.1) is 26.8 Å². The van der Waals surface area contributed by atoms with Crippen LogP contribution in [0.15, 0.2) is 73.4 Å². The minimum Gasteiger partial charge on any atom is -0.408 e. The quantitative estimate of drug-likeness (QED) is 0.296. The summed E-state index contributed by atoms with van der Waals surface area (Å²) in [5.74, 6) is -0.310. The first-order chi connectivity index (χ1) is 17.5. The van der Waals surface area contributed by atoms with Crippen molar-refractivity contribution in [3.05, 3.63) is 102 Å². The minimum atomic E-state index is -0.310. The van der Waals surface area contributed by atoms with Gasteiger partial charge in [0.25, 0.3) is 0 Å². The maximum absolute atomic E-state index is 11.5. The normalized spacial score (nSPS) is 10.9. The van der Waals surface area contributed by atoms with Gasteiger partial charge in [-0.3, -0.25) is 18.5 Å². The average molecular weight is 519 g/mol. The number of aromatic nitrogens is 4. The van der Waals surface area contributed by atoms with Crippen LogP contribution in [0.5, 0.6) is 0 Å². The molecule has 0 saturated heterocycles. The molecule has 192 valence electrons. The van der Waals surface area contributed by atoms with Crippen molar-refractivity contribution in [2.75, 3.05) is 0 Å². The molecule has 0 aliphatic rings. The summed E-state index contributed by atoms with van der Waals surface area (Å²) in [5.41, 5.74) is 7.99. The van der Waals surface area contributed by atoms with Gasteiger partial charge in [0.15, 0.2) is 5.58 Å². The first kappa shape index (κ1) is 26.0. The fourth-order valence-corrected chi connectivity index (χ4v) is 5.08. The lowest BCUT2D eigenvalue weighted by Crippen LogP contribution is -2.19. The van der Waals surface area contributed by atoms with Gasteiger partial charge in [0, 0.05) is 28.2 Å². The summed E-state index contributed by atoms with van der Waals surface area (Å²) in [6, 6.07) is 17.8. The van der Waals surface area contributed by atoms with Crippen LogP contribution >= 0.6 is 11.3 Å². The molecule has 8 nitrogen and oxygen atoms in total. The molecular formula is C28H30N4O4S. The Balaban J connectivity index is 0.000000130. The van der Waals surface area contributed by atoms with Gasteiger partial charge in [0.1, 0.15) is 0 Å². The minimum absolute atomic E-state index is 0.0283. The fraction of sp³-hybridized carbons (Fsp3) is 0.250. The van der Waals surface area contributed by atoms with E-state index in [9.17, 15) is 14.4 Å². The lowest BCUT2D eigenvalue weighted by atomic mass is 10.2. The van der Waals surface area contributed by atoms with Crippen LogP contribution in [0.4, 0.5) is 0 Å². The van der Waals surface area contributed by atoms with E-state index in [0.717, 1.165) is 32.3 Å². The highest BCUT2D eigenvalue weighted by Crippen LogP contribution is 2.17. The van der Waals surface area contributed by atoms with Crippen LogP contribution in [0.1, 0.15) is 16.7 Å². The summed E-state index contributed by atoms with van der Waals surface area (Å²) in [4.78, 5) is 33.9. The third kappa shape index (κ3) is 5.08. The number of nitrogens with zero attached hydrogens (tertiary/aromatic N) is 4. The molecule has 0 radical (unpaired) electrons. The first-order valence-corrected chi connectivity index (χ1v) is 12.5. The first-order valence-electron chi connectivity index (χ1n) is 11.7. The second-order valence-electron chi connectivity index (χ2n) is 9.19. The summed E-state index contributed by atoms with van der Waals surface area (Å²) >= 11 is 1.30. The van der Waals surface area contributed by atoms with Gasteiger partial charge in [-0.05, 0) is 73.9 Å². The molecule has 0 unspecified atom stereocenters. The van der Waals surface area contributed by atoms with Gasteiger partial charge in [-0.25, -0.2) is 9.59 Å². The maximum Gasteiger partial charge on any atom is 0.419 e. The summed E-state index contributed by atoms with van der Waals surface area (Å²) in [5, 5.41) is 0. The van der Waals surface area contributed by atoms with Crippen LogP contribution in [-0.2, 0) is 28.2 Å². The average Bonchev–Trinajstić information content (AvgIpc) is 3.38. The summed E-state index contributed by atoms with van der Waals surface area (Å²) in [6.45, 7) is 6.02. The van der Waals surface area contributed by atoms with Crippen LogP contribution < -0.4 is 16.3 Å². The zero-order valence-electron chi connectivity index (χ0n) is 22.0. The van der Waals surface area contributed by atoms with Crippen LogP contribution in [0.3, 0.4) is 0 Å². The number of fused-ring (bicyclic) bond motifs is 3. The van der Waals surface area contributed by atoms with Gasteiger partial charge < -0.3 is 8.98 Å². The van der Waals surface area contributed by atoms with E-state index in [1.54, 1.807) is 41.9 Å². The number of imidazole rings is 1. The van der Waals surface area contributed by atoms with Crippen molar-refractivity contribution in [3.8, 4) is 0 Å². The Labute approximate surface area is 217 Å². The number of benzene rings is 3. The van der Waals surface area contributed by atoms with Gasteiger partial charge >= 0.3 is 16.3 Å². The molecule has 0 fully saturated rings. The lowest BCUT2D eigenvalue weighted by molar-refractivity contribution is 0.528. The summed E-state index contributed by atoms with van der Waals surface area (Å²) in [7, 11) is 7.09. The summed E-state index contributed by atoms with van der Waals surface area (Å²) < 4.78 is 12.6. The number of rotatable bonds is 0. The number of aryl methyl sites for hydroxylation is 7. The molecule has 0 bridgehead atoms. The van der Waals surface area contributed by atoms with Crippen LogP contribution in [0.25, 0.3) is 32.3 Å². The number of hydrogen-bond donors (Lipinski definition) is 0. The highest BCUT2D eigenvalue weighted by Gasteiger charge is 2.06. The van der Waals surface area contributed by atoms with E-state index in [4.69, 9.17) is 4.42 Å². The topological polar surface area (TPSA) is 84.1 Å². The summed E-state index contributed by atoms with van der Waals surface area (Å²) in [6.07, 6.45) is 0. The molecule has 0 aliphatic carbocycles. The molecule has 6 aromatic rings. The zero-order valence-corrected chi connectivity index (χ0v) is 22.8. The number of hydrogen-bond acceptors (Lipinski definition) is 5. The van der Waals surface area contributed by atoms with Crippen molar-refractivity contribution in [3.63, 3.8) is 0 Å². The monoisotopic (exact) mass is 518 g/mol. The van der Waals surface area contributed by atoms with E-state index in [2.05, 4.69) is 0 Å². The molecule has 3 aromatic heterocycles. The Morgan fingerprint density at radius 3 is 1.81 bits per heavy atom. The van der Waals surface area contributed by atoms with Crippen molar-refractivity contribution in [2.45, 2.75) is 20.8 Å². The third-order valence-electron chi connectivity index (χ3n) is 6.32. The Morgan fingerprint density at radius 1 is 0.595 bits per heavy atom. The van der Waals surface area contributed by atoms with E-state index in [0.29, 0.717) is 5.58 Å². The van der Waals surface area contributed by atoms with Gasteiger partial charge in [0.2, 0.25) is 0 Å². The molecule has 9 heteroatoms. The van der Waals surface area contributed by atoms with Gasteiger partial charge in [-0.1, -0.05) is 29.5 Å². The van der Waals surface area contributed by atoms with E-state index in [1.165, 1.54) is 27.0 Å². The van der Waals surface area contributed by atoms with Crippen molar-refractivity contribution >= 4 is 43.7 Å². The largest absolute Gasteiger partial charge is 0.419 e. The van der Waals surface area contributed by atoms with Crippen LogP contribution in [0.2, 0.25) is 0 Å². The number of thiazole rings is 1. The Morgan fingerprint density at radius 2 is 1.14 bits per heavy atom. The molecule has 6 rings (SSSR count). The predicted molar refractivity (Wildman–Crippen MR) is 151 cm³/mol. The molecule has 0 amide bonds. The molecule has 3 aromatic carbocycles. The fourth-order valence-electron chi connectivity index (χ4n) is 4.10. The Hall–Kier alpha value is -4.11. The molecule has 3 heterocycles. The second-order valence-corrected chi connectivity index (χ2v) is 10.2. The van der Waals surface area contributed by atoms with Crippen molar-refractivity contribution in [1.82, 2.24) is 18.3 Å². The highest BCUT2D eigenvalue weighted by molar-refractivity contribution is 7.16. The predicted octanol–water partition coefficient (Wildman–Crippen LogP) is 4.53. The second kappa shape index (κ2) is 10.1. The maximum atomic E-state index is 11.5.